The standard InChI is InChI=1S/C16H25N3S/c1-4-9-17-12-14-16(20-11-8-13(2)3)18-15-7-5-6-10-19(14)15/h5-7,10,13,17H,4,8-9,11-12H2,1-3H3. The van der Waals surface area contributed by atoms with Crippen LogP contribution in [0.1, 0.15) is 39.3 Å². The van der Waals surface area contributed by atoms with Gasteiger partial charge in [-0.3, -0.25) is 0 Å². The molecule has 0 saturated heterocycles. The highest BCUT2D eigenvalue weighted by Gasteiger charge is 2.12. The highest BCUT2D eigenvalue weighted by molar-refractivity contribution is 7.99. The van der Waals surface area contributed by atoms with E-state index in [0.29, 0.717) is 0 Å². The van der Waals surface area contributed by atoms with Gasteiger partial charge >= 0.3 is 0 Å². The second-order valence-corrected chi connectivity index (χ2v) is 6.58. The number of hydrogen-bond donors (Lipinski definition) is 1. The summed E-state index contributed by atoms with van der Waals surface area (Å²) in [6.45, 7) is 8.68. The molecule has 20 heavy (non-hydrogen) atoms. The third kappa shape index (κ3) is 4.00. The average Bonchev–Trinajstić information content (AvgIpc) is 2.77. The van der Waals surface area contributed by atoms with Crippen LogP contribution in [-0.2, 0) is 6.54 Å². The van der Waals surface area contributed by atoms with Crippen LogP contribution in [0.15, 0.2) is 29.4 Å². The Morgan fingerprint density at radius 3 is 2.95 bits per heavy atom. The Morgan fingerprint density at radius 2 is 2.20 bits per heavy atom. The van der Waals surface area contributed by atoms with Crippen LogP contribution in [0.4, 0.5) is 0 Å². The monoisotopic (exact) mass is 291 g/mol. The molecule has 0 fully saturated rings. The van der Waals surface area contributed by atoms with E-state index in [1.807, 2.05) is 17.8 Å². The summed E-state index contributed by atoms with van der Waals surface area (Å²) in [6, 6.07) is 6.20. The lowest BCUT2D eigenvalue weighted by Crippen LogP contribution is -2.15. The Morgan fingerprint density at radius 1 is 1.35 bits per heavy atom. The number of thioether (sulfide) groups is 1. The Kier molecular flexibility index (Phi) is 5.92. The third-order valence-corrected chi connectivity index (χ3v) is 4.29. The molecule has 0 amide bonds. The van der Waals surface area contributed by atoms with Crippen molar-refractivity contribution in [3.63, 3.8) is 0 Å². The van der Waals surface area contributed by atoms with Gasteiger partial charge < -0.3 is 9.72 Å². The SMILES string of the molecule is CCCNCc1c(SCCC(C)C)nc2ccccn12. The maximum atomic E-state index is 4.77. The van der Waals surface area contributed by atoms with Crippen molar-refractivity contribution in [3.05, 3.63) is 30.1 Å². The second kappa shape index (κ2) is 7.70. The molecule has 2 aromatic heterocycles. The molecule has 3 nitrogen and oxygen atoms in total. The van der Waals surface area contributed by atoms with Crippen LogP contribution >= 0.6 is 11.8 Å². The van der Waals surface area contributed by atoms with Gasteiger partial charge in [-0.25, -0.2) is 4.98 Å². The molecule has 4 heteroatoms. The van der Waals surface area contributed by atoms with Gasteiger partial charge in [0.15, 0.2) is 0 Å². The summed E-state index contributed by atoms with van der Waals surface area (Å²) in [5, 5.41) is 4.68. The average molecular weight is 291 g/mol. The fourth-order valence-electron chi connectivity index (χ4n) is 2.08. The van der Waals surface area contributed by atoms with Crippen molar-refractivity contribution in [2.75, 3.05) is 12.3 Å². The van der Waals surface area contributed by atoms with E-state index in [0.717, 1.165) is 36.8 Å². The number of rotatable bonds is 8. The topological polar surface area (TPSA) is 29.3 Å². The van der Waals surface area contributed by atoms with Crippen LogP contribution in [0.3, 0.4) is 0 Å². The zero-order chi connectivity index (χ0) is 14.4. The summed E-state index contributed by atoms with van der Waals surface area (Å²) in [5.74, 6) is 1.89. The van der Waals surface area contributed by atoms with Gasteiger partial charge in [0, 0.05) is 12.7 Å². The molecule has 0 spiro atoms. The summed E-state index contributed by atoms with van der Waals surface area (Å²) in [7, 11) is 0. The zero-order valence-electron chi connectivity index (χ0n) is 12.7. The fraction of sp³-hybridized carbons (Fsp3) is 0.562. The van der Waals surface area contributed by atoms with E-state index in [2.05, 4.69) is 48.8 Å². The van der Waals surface area contributed by atoms with Gasteiger partial charge in [0.2, 0.25) is 0 Å². The molecule has 0 unspecified atom stereocenters. The van der Waals surface area contributed by atoms with Crippen molar-refractivity contribution < 1.29 is 0 Å². The molecule has 0 saturated carbocycles. The van der Waals surface area contributed by atoms with Crippen LogP contribution in [0.25, 0.3) is 5.65 Å². The molecular weight excluding hydrogens is 266 g/mol. The van der Waals surface area contributed by atoms with E-state index in [1.54, 1.807) is 0 Å². The van der Waals surface area contributed by atoms with Gasteiger partial charge in [0.25, 0.3) is 0 Å². The molecular formula is C16H25N3S. The van der Waals surface area contributed by atoms with Gasteiger partial charge in [-0.05, 0) is 43.2 Å². The molecule has 0 aliphatic rings. The van der Waals surface area contributed by atoms with E-state index in [-0.39, 0.29) is 0 Å². The number of nitrogens with one attached hydrogen (secondary N) is 1. The summed E-state index contributed by atoms with van der Waals surface area (Å²) in [5.41, 5.74) is 2.34. The first-order valence-corrected chi connectivity index (χ1v) is 8.50. The van der Waals surface area contributed by atoms with E-state index < -0.39 is 0 Å². The summed E-state index contributed by atoms with van der Waals surface area (Å²) >= 11 is 1.89. The Balaban J connectivity index is 2.15. The van der Waals surface area contributed by atoms with Gasteiger partial charge in [0.05, 0.1) is 5.69 Å². The lowest BCUT2D eigenvalue weighted by Gasteiger charge is -2.07. The maximum Gasteiger partial charge on any atom is 0.138 e. The molecule has 0 bridgehead atoms. The first-order valence-electron chi connectivity index (χ1n) is 7.51. The highest BCUT2D eigenvalue weighted by Crippen LogP contribution is 2.25. The van der Waals surface area contributed by atoms with Crippen molar-refractivity contribution in [2.45, 2.75) is 45.2 Å². The highest BCUT2D eigenvalue weighted by atomic mass is 32.2. The largest absolute Gasteiger partial charge is 0.311 e. The smallest absolute Gasteiger partial charge is 0.138 e. The molecule has 0 aliphatic carbocycles. The summed E-state index contributed by atoms with van der Waals surface area (Å²) in [4.78, 5) is 4.77. The van der Waals surface area contributed by atoms with Crippen LogP contribution in [0, 0.1) is 5.92 Å². The van der Waals surface area contributed by atoms with E-state index >= 15 is 0 Å². The molecule has 0 aromatic carbocycles. The molecule has 1 N–H and O–H groups in total. The molecule has 2 rings (SSSR count). The lowest BCUT2D eigenvalue weighted by atomic mass is 10.2. The number of hydrogen-bond acceptors (Lipinski definition) is 3. The Hall–Kier alpha value is -1.00. The molecule has 0 aliphatic heterocycles. The van der Waals surface area contributed by atoms with Crippen LogP contribution < -0.4 is 5.32 Å². The quantitative estimate of drug-likeness (QED) is 0.589. The number of pyridine rings is 1. The van der Waals surface area contributed by atoms with Crippen molar-refractivity contribution in [3.8, 4) is 0 Å². The van der Waals surface area contributed by atoms with Crippen LogP contribution in [0.5, 0.6) is 0 Å². The molecule has 2 aromatic rings. The van der Waals surface area contributed by atoms with Crippen LogP contribution in [-0.4, -0.2) is 21.7 Å². The number of nitrogens with zero attached hydrogens (tertiary/aromatic N) is 2. The molecule has 0 radical (unpaired) electrons. The third-order valence-electron chi connectivity index (χ3n) is 3.25. The Labute approximate surface area is 126 Å². The van der Waals surface area contributed by atoms with E-state index in [9.17, 15) is 0 Å². The normalized spacial score (nSPS) is 11.6. The summed E-state index contributed by atoms with van der Waals surface area (Å²) < 4.78 is 2.21. The minimum absolute atomic E-state index is 0.751. The van der Waals surface area contributed by atoms with Gasteiger partial charge in [0.1, 0.15) is 10.7 Å². The number of fused-ring (bicyclic) bond motifs is 1. The number of imidazole rings is 1. The zero-order valence-corrected chi connectivity index (χ0v) is 13.5. The van der Waals surface area contributed by atoms with Gasteiger partial charge in [-0.15, -0.1) is 11.8 Å². The van der Waals surface area contributed by atoms with E-state index in [4.69, 9.17) is 4.98 Å². The van der Waals surface area contributed by atoms with Crippen molar-refractivity contribution in [1.29, 1.82) is 0 Å². The van der Waals surface area contributed by atoms with Crippen LogP contribution in [0.2, 0.25) is 0 Å². The van der Waals surface area contributed by atoms with E-state index in [1.165, 1.54) is 17.1 Å². The van der Waals surface area contributed by atoms with Crippen molar-refractivity contribution in [1.82, 2.24) is 14.7 Å². The first-order chi connectivity index (χ1) is 9.72. The number of aromatic nitrogens is 2. The fourth-order valence-corrected chi connectivity index (χ4v) is 3.35. The second-order valence-electron chi connectivity index (χ2n) is 5.50. The lowest BCUT2D eigenvalue weighted by molar-refractivity contribution is 0.631. The maximum absolute atomic E-state index is 4.77. The molecule has 110 valence electrons. The minimum Gasteiger partial charge on any atom is -0.311 e. The van der Waals surface area contributed by atoms with Crippen molar-refractivity contribution in [2.24, 2.45) is 5.92 Å². The minimum atomic E-state index is 0.751. The summed E-state index contributed by atoms with van der Waals surface area (Å²) in [6.07, 6.45) is 4.50. The Bertz CT molecular complexity index is 534. The predicted molar refractivity (Wildman–Crippen MR) is 87.4 cm³/mol. The van der Waals surface area contributed by atoms with Crippen molar-refractivity contribution >= 4 is 17.4 Å². The first kappa shape index (κ1) is 15.4. The van der Waals surface area contributed by atoms with Gasteiger partial charge in [-0.1, -0.05) is 26.8 Å². The van der Waals surface area contributed by atoms with Gasteiger partial charge in [-0.2, -0.15) is 0 Å². The predicted octanol–water partition coefficient (Wildman–Crippen LogP) is 3.97. The molecule has 0 atom stereocenters. The molecule has 2 heterocycles.